The number of para-hydroxylation sites is 1. The molecule has 10 nitrogen and oxygen atoms in total. The number of fused-ring (bicyclic) bond motifs is 1. The first kappa shape index (κ1) is 31.2. The molecule has 4 rings (SSSR count). The van der Waals surface area contributed by atoms with E-state index in [1.807, 2.05) is 43.3 Å². The number of carbonyl (C=O) groups excluding carboxylic acids is 1. The van der Waals surface area contributed by atoms with Crippen molar-refractivity contribution in [3.8, 4) is 11.5 Å². The molecule has 0 spiro atoms. The summed E-state index contributed by atoms with van der Waals surface area (Å²) in [5, 5.41) is 14.8. The number of anilines is 2. The predicted octanol–water partition coefficient (Wildman–Crippen LogP) is 4.75. The van der Waals surface area contributed by atoms with Gasteiger partial charge in [0.25, 0.3) is 5.91 Å². The Bertz CT molecular complexity index is 1320. The summed E-state index contributed by atoms with van der Waals surface area (Å²) in [6.45, 7) is 0.629. The van der Waals surface area contributed by atoms with Gasteiger partial charge in [0.1, 0.15) is 22.9 Å². The van der Waals surface area contributed by atoms with Gasteiger partial charge in [-0.25, -0.2) is 9.78 Å². The zero-order valence-electron chi connectivity index (χ0n) is 23.3. The Hall–Kier alpha value is -4.29. The molecule has 1 saturated carbocycles. The molecule has 1 aliphatic rings. The van der Waals surface area contributed by atoms with E-state index in [0.29, 0.717) is 41.5 Å². The molecule has 0 radical (unpaired) electrons. The minimum Gasteiger partial charge on any atom is -0.496 e. The molecule has 3 aromatic rings. The van der Waals surface area contributed by atoms with Crippen molar-refractivity contribution in [2.45, 2.75) is 37.9 Å². The first-order valence-electron chi connectivity index (χ1n) is 12.9. The van der Waals surface area contributed by atoms with Gasteiger partial charge in [-0.3, -0.25) is 4.79 Å². The van der Waals surface area contributed by atoms with Crippen molar-refractivity contribution in [1.29, 1.82) is 0 Å². The van der Waals surface area contributed by atoms with E-state index >= 15 is 0 Å². The topological polar surface area (TPSA) is 126 Å². The predicted molar refractivity (Wildman–Crippen MR) is 149 cm³/mol. The third-order valence-electron chi connectivity index (χ3n) is 6.64. The van der Waals surface area contributed by atoms with Crippen LogP contribution in [0.2, 0.25) is 0 Å². The maximum atomic E-state index is 12.8. The van der Waals surface area contributed by atoms with E-state index in [1.165, 1.54) is 0 Å². The second-order valence-electron chi connectivity index (χ2n) is 9.69. The molecule has 0 unspecified atom stereocenters. The van der Waals surface area contributed by atoms with Crippen LogP contribution in [-0.2, 0) is 4.79 Å². The Morgan fingerprint density at radius 2 is 1.56 bits per heavy atom. The summed E-state index contributed by atoms with van der Waals surface area (Å²) in [7, 11) is 7.11. The van der Waals surface area contributed by atoms with E-state index in [2.05, 4.69) is 16.7 Å². The summed E-state index contributed by atoms with van der Waals surface area (Å²) in [6.07, 6.45) is -1.03. The molecule has 2 aromatic carbocycles. The number of carbonyl (C=O) groups is 2. The minimum absolute atomic E-state index is 0.171. The van der Waals surface area contributed by atoms with Crippen LogP contribution in [0.15, 0.2) is 42.5 Å². The largest absolute Gasteiger partial charge is 0.496 e. The van der Waals surface area contributed by atoms with Gasteiger partial charge in [-0.15, -0.1) is 0 Å². The second kappa shape index (κ2) is 13.9. The number of benzene rings is 2. The smallest absolute Gasteiger partial charge is 0.490 e. The summed E-state index contributed by atoms with van der Waals surface area (Å²) in [5.41, 5.74) is 1.37. The molecule has 1 amide bonds. The molecule has 3 N–H and O–H groups in total. The number of aliphatic carboxylic acids is 1. The van der Waals surface area contributed by atoms with Crippen molar-refractivity contribution >= 4 is 34.5 Å². The van der Waals surface area contributed by atoms with Gasteiger partial charge in [0.05, 0.1) is 19.7 Å². The summed E-state index contributed by atoms with van der Waals surface area (Å²) >= 11 is 0. The highest BCUT2D eigenvalue weighted by atomic mass is 19.4. The Morgan fingerprint density at radius 3 is 2.10 bits per heavy atom. The lowest BCUT2D eigenvalue weighted by Gasteiger charge is -2.29. The van der Waals surface area contributed by atoms with Gasteiger partial charge < -0.3 is 30.1 Å². The van der Waals surface area contributed by atoms with Crippen LogP contribution in [0.4, 0.5) is 24.9 Å². The van der Waals surface area contributed by atoms with Gasteiger partial charge in [0.2, 0.25) is 5.95 Å². The molecule has 13 heteroatoms. The third kappa shape index (κ3) is 8.35. The van der Waals surface area contributed by atoms with Gasteiger partial charge in [-0.1, -0.05) is 18.2 Å². The van der Waals surface area contributed by atoms with Crippen molar-refractivity contribution in [2.24, 2.45) is 5.92 Å². The number of halogens is 3. The molecule has 1 aromatic heterocycles. The van der Waals surface area contributed by atoms with E-state index < -0.39 is 12.1 Å². The van der Waals surface area contributed by atoms with Crippen molar-refractivity contribution in [2.75, 3.05) is 45.1 Å². The average molecular weight is 578 g/mol. The molecule has 1 fully saturated rings. The van der Waals surface area contributed by atoms with Crippen molar-refractivity contribution < 1.29 is 37.3 Å². The number of hydrogen-bond acceptors (Lipinski definition) is 8. The fourth-order valence-electron chi connectivity index (χ4n) is 4.56. The van der Waals surface area contributed by atoms with Crippen LogP contribution in [0, 0.1) is 5.92 Å². The highest BCUT2D eigenvalue weighted by Crippen LogP contribution is 2.30. The normalized spacial score (nSPS) is 16.7. The van der Waals surface area contributed by atoms with Gasteiger partial charge in [-0.2, -0.15) is 18.2 Å². The molecular formula is C28H34F3N5O5. The number of aromatic nitrogens is 2. The highest BCUT2D eigenvalue weighted by Gasteiger charge is 2.38. The van der Waals surface area contributed by atoms with Crippen molar-refractivity contribution in [3.05, 3.63) is 48.0 Å². The molecule has 0 saturated heterocycles. The number of nitrogens with zero attached hydrogens (tertiary/aromatic N) is 3. The monoisotopic (exact) mass is 577 g/mol. The molecule has 0 bridgehead atoms. The van der Waals surface area contributed by atoms with Gasteiger partial charge in [-0.05, 0) is 55.9 Å². The summed E-state index contributed by atoms with van der Waals surface area (Å²) < 4.78 is 42.5. The van der Waals surface area contributed by atoms with E-state index in [1.54, 1.807) is 26.4 Å². The fourth-order valence-corrected chi connectivity index (χ4v) is 4.56. The molecule has 1 heterocycles. The lowest BCUT2D eigenvalue weighted by atomic mass is 9.86. The van der Waals surface area contributed by atoms with Crippen LogP contribution >= 0.6 is 0 Å². The lowest BCUT2D eigenvalue weighted by Crippen LogP contribution is -2.34. The van der Waals surface area contributed by atoms with Crippen LogP contribution in [0.3, 0.4) is 0 Å². The Balaban J connectivity index is 0.000000587. The van der Waals surface area contributed by atoms with E-state index in [9.17, 15) is 18.0 Å². The van der Waals surface area contributed by atoms with E-state index in [-0.39, 0.29) is 5.91 Å². The number of amides is 1. The first-order valence-corrected chi connectivity index (χ1v) is 12.9. The van der Waals surface area contributed by atoms with Crippen LogP contribution in [0.25, 0.3) is 10.9 Å². The van der Waals surface area contributed by atoms with Gasteiger partial charge >= 0.3 is 12.1 Å². The van der Waals surface area contributed by atoms with Crippen molar-refractivity contribution in [1.82, 2.24) is 15.3 Å². The molecule has 0 atom stereocenters. The standard InChI is InChI=1S/C26H33N5O3.C2HF3O2/c1-31(2)24-19-8-5-6-9-20(19)29-26(30-24)28-18-14-12-17(13-15-18)16-27-25(32)23-21(33-3)10-7-11-22(23)34-4;3-2(4,5)1(6)7/h5-11,17-18H,12-16H2,1-4H3,(H,27,32)(H,28,29,30);(H,6,7). The van der Waals surface area contributed by atoms with Crippen LogP contribution in [0.1, 0.15) is 36.0 Å². The Labute approximate surface area is 235 Å². The first-order chi connectivity index (χ1) is 19.4. The molecule has 222 valence electrons. The van der Waals surface area contributed by atoms with E-state index in [4.69, 9.17) is 29.3 Å². The van der Waals surface area contributed by atoms with Gasteiger partial charge in [0, 0.05) is 32.1 Å². The number of nitrogens with one attached hydrogen (secondary N) is 2. The zero-order chi connectivity index (χ0) is 30.2. The van der Waals surface area contributed by atoms with Crippen molar-refractivity contribution in [3.63, 3.8) is 0 Å². The van der Waals surface area contributed by atoms with Crippen LogP contribution in [-0.4, -0.2) is 74.0 Å². The van der Waals surface area contributed by atoms with Gasteiger partial charge in [0.15, 0.2) is 0 Å². The number of hydrogen-bond donors (Lipinski definition) is 3. The lowest BCUT2D eigenvalue weighted by molar-refractivity contribution is -0.192. The van der Waals surface area contributed by atoms with Crippen LogP contribution in [0.5, 0.6) is 11.5 Å². The summed E-state index contributed by atoms with van der Waals surface area (Å²) in [5.74, 6) is 0.105. The number of rotatable bonds is 8. The maximum absolute atomic E-state index is 12.8. The number of carboxylic acid groups (broad SMARTS) is 1. The average Bonchev–Trinajstić information content (AvgIpc) is 2.95. The third-order valence-corrected chi connectivity index (χ3v) is 6.64. The number of ether oxygens (including phenoxy) is 2. The molecule has 1 aliphatic carbocycles. The molecule has 41 heavy (non-hydrogen) atoms. The Morgan fingerprint density at radius 1 is 0.976 bits per heavy atom. The number of carboxylic acids is 1. The number of alkyl halides is 3. The zero-order valence-corrected chi connectivity index (χ0v) is 23.3. The SMILES string of the molecule is COc1cccc(OC)c1C(=O)NCC1CCC(Nc2nc(N(C)C)c3ccccc3n2)CC1.O=C(O)C(F)(F)F. The number of methoxy groups -OCH3 is 2. The van der Waals surface area contributed by atoms with Crippen LogP contribution < -0.4 is 25.0 Å². The fraction of sp³-hybridized carbons (Fsp3) is 0.429. The minimum atomic E-state index is -5.08. The molecule has 0 aliphatic heterocycles. The second-order valence-corrected chi connectivity index (χ2v) is 9.69. The maximum Gasteiger partial charge on any atom is 0.490 e. The summed E-state index contributed by atoms with van der Waals surface area (Å²) in [6, 6.07) is 13.7. The van der Waals surface area contributed by atoms with E-state index in [0.717, 1.165) is 42.4 Å². The quantitative estimate of drug-likeness (QED) is 0.348. The highest BCUT2D eigenvalue weighted by molar-refractivity contribution is 5.99. The summed E-state index contributed by atoms with van der Waals surface area (Å²) in [4.78, 5) is 33.2. The molecular weight excluding hydrogens is 543 g/mol. The Kier molecular flexibility index (Phi) is 10.6.